The molecule has 24 heavy (non-hydrogen) atoms. The summed E-state index contributed by atoms with van der Waals surface area (Å²) in [6, 6.07) is 17.1. The highest BCUT2D eigenvalue weighted by Crippen LogP contribution is 2.18. The molecular weight excluding hydrogens is 324 g/mol. The first kappa shape index (κ1) is 16.4. The molecule has 0 amide bonds. The topological polar surface area (TPSA) is 47.0 Å². The number of nitrogens with one attached hydrogen (secondary N) is 1. The second-order valence-electron chi connectivity index (χ2n) is 5.59. The number of halogens is 1. The molecule has 1 heterocycles. The average Bonchev–Trinajstić information content (AvgIpc) is 2.98. The number of benzene rings is 2. The average molecular weight is 343 g/mol. The molecule has 0 unspecified atom stereocenters. The number of aromatic nitrogens is 2. The molecule has 0 saturated carbocycles. The van der Waals surface area contributed by atoms with Gasteiger partial charge in [0.1, 0.15) is 5.75 Å². The van der Waals surface area contributed by atoms with Gasteiger partial charge < -0.3 is 4.74 Å². The van der Waals surface area contributed by atoms with Crippen LogP contribution in [0.2, 0.25) is 0 Å². The van der Waals surface area contributed by atoms with Gasteiger partial charge in [0.2, 0.25) is 0 Å². The molecule has 5 heteroatoms. The quantitative estimate of drug-likeness (QED) is 0.540. The molecule has 0 bridgehead atoms. The van der Waals surface area contributed by atoms with Gasteiger partial charge in [0.15, 0.2) is 0 Å². The number of ether oxygens (including phenoxy) is 1. The van der Waals surface area contributed by atoms with Gasteiger partial charge in [0, 0.05) is 11.9 Å². The molecule has 0 aliphatic carbocycles. The van der Waals surface area contributed by atoms with Crippen LogP contribution >= 0.6 is 11.6 Å². The van der Waals surface area contributed by atoms with Gasteiger partial charge in [-0.3, -0.25) is 9.89 Å². The largest absolute Gasteiger partial charge is 0.494 e. The summed E-state index contributed by atoms with van der Waals surface area (Å²) < 4.78 is 7.10. The van der Waals surface area contributed by atoms with Crippen LogP contribution in [-0.4, -0.2) is 22.3 Å². The maximum absolute atomic E-state index is 12.3. The Morgan fingerprint density at radius 2 is 1.79 bits per heavy atom. The van der Waals surface area contributed by atoms with E-state index in [0.717, 1.165) is 29.1 Å². The van der Waals surface area contributed by atoms with Crippen molar-refractivity contribution in [1.82, 2.24) is 9.78 Å². The number of aryl methyl sites for hydroxylation is 1. The minimum Gasteiger partial charge on any atom is -0.494 e. The van der Waals surface area contributed by atoms with Crippen LogP contribution in [0.15, 0.2) is 59.4 Å². The van der Waals surface area contributed by atoms with Crippen molar-refractivity contribution in [2.45, 2.75) is 13.3 Å². The summed E-state index contributed by atoms with van der Waals surface area (Å²) in [4.78, 5) is 12.3. The Bertz CT molecular complexity index is 848. The molecular formula is C19H19ClN2O2. The first-order chi connectivity index (χ1) is 11.7. The Morgan fingerprint density at radius 3 is 2.46 bits per heavy atom. The number of aromatic amines is 1. The SMILES string of the molecule is Cc1ccc(-c2cc(=O)n(-c3ccc(OCCCCl)cc3)[nH]2)cc1. The van der Waals surface area contributed by atoms with E-state index in [1.807, 2.05) is 55.5 Å². The number of hydrogen-bond donors (Lipinski definition) is 1. The van der Waals surface area contributed by atoms with E-state index in [0.29, 0.717) is 12.5 Å². The van der Waals surface area contributed by atoms with Gasteiger partial charge in [-0.05, 0) is 43.2 Å². The van der Waals surface area contributed by atoms with Crippen LogP contribution in [0.3, 0.4) is 0 Å². The molecule has 0 saturated heterocycles. The third-order valence-corrected chi connectivity index (χ3v) is 3.99. The Hall–Kier alpha value is -2.46. The van der Waals surface area contributed by atoms with Crippen LogP contribution in [-0.2, 0) is 0 Å². The number of H-pyrrole nitrogens is 1. The van der Waals surface area contributed by atoms with Crippen molar-refractivity contribution in [2.75, 3.05) is 12.5 Å². The van der Waals surface area contributed by atoms with Crippen LogP contribution in [0.25, 0.3) is 16.9 Å². The summed E-state index contributed by atoms with van der Waals surface area (Å²) >= 11 is 5.63. The van der Waals surface area contributed by atoms with Gasteiger partial charge in [-0.2, -0.15) is 0 Å². The minimum absolute atomic E-state index is 0.0959. The summed E-state index contributed by atoms with van der Waals surface area (Å²) in [6.45, 7) is 2.62. The third-order valence-electron chi connectivity index (χ3n) is 3.72. The lowest BCUT2D eigenvalue weighted by Gasteiger charge is -2.07. The van der Waals surface area contributed by atoms with Crippen molar-refractivity contribution in [1.29, 1.82) is 0 Å². The van der Waals surface area contributed by atoms with Crippen LogP contribution in [0.1, 0.15) is 12.0 Å². The molecule has 2 aromatic carbocycles. The lowest BCUT2D eigenvalue weighted by atomic mass is 10.1. The Labute approximate surface area is 145 Å². The zero-order valence-corrected chi connectivity index (χ0v) is 14.2. The van der Waals surface area contributed by atoms with Crippen molar-refractivity contribution in [3.05, 3.63) is 70.5 Å². The van der Waals surface area contributed by atoms with Gasteiger partial charge in [0.05, 0.1) is 18.0 Å². The van der Waals surface area contributed by atoms with Gasteiger partial charge in [0.25, 0.3) is 5.56 Å². The fourth-order valence-electron chi connectivity index (χ4n) is 2.40. The fourth-order valence-corrected chi connectivity index (χ4v) is 2.51. The second kappa shape index (κ2) is 7.41. The molecule has 0 aliphatic rings. The molecule has 3 aromatic rings. The molecule has 1 N–H and O–H groups in total. The maximum Gasteiger partial charge on any atom is 0.271 e. The van der Waals surface area contributed by atoms with Gasteiger partial charge >= 0.3 is 0 Å². The molecule has 3 rings (SSSR count). The highest BCUT2D eigenvalue weighted by atomic mass is 35.5. The number of alkyl halides is 1. The summed E-state index contributed by atoms with van der Waals surface area (Å²) in [7, 11) is 0. The third kappa shape index (κ3) is 3.71. The standard InChI is InChI=1S/C19H19ClN2O2/c1-14-3-5-15(6-4-14)18-13-19(23)22(21-18)16-7-9-17(10-8-16)24-12-2-11-20/h3-10,13,21H,2,11-12H2,1H3. The predicted octanol–water partition coefficient (Wildman–Crippen LogP) is 4.15. The molecule has 0 spiro atoms. The van der Waals surface area contributed by atoms with Crippen molar-refractivity contribution in [2.24, 2.45) is 0 Å². The van der Waals surface area contributed by atoms with Crippen molar-refractivity contribution in [3.63, 3.8) is 0 Å². The Balaban J connectivity index is 1.82. The van der Waals surface area contributed by atoms with Crippen LogP contribution in [0, 0.1) is 6.92 Å². The van der Waals surface area contributed by atoms with Crippen LogP contribution in [0.5, 0.6) is 5.75 Å². The van der Waals surface area contributed by atoms with E-state index in [1.165, 1.54) is 10.2 Å². The summed E-state index contributed by atoms with van der Waals surface area (Å²) in [6.07, 6.45) is 0.805. The molecule has 4 nitrogen and oxygen atoms in total. The molecule has 0 atom stereocenters. The first-order valence-electron chi connectivity index (χ1n) is 7.86. The summed E-state index contributed by atoms with van der Waals surface area (Å²) in [5, 5.41) is 3.15. The molecule has 1 aromatic heterocycles. The van der Waals surface area contributed by atoms with Crippen molar-refractivity contribution >= 4 is 11.6 Å². The van der Waals surface area contributed by atoms with Gasteiger partial charge in [-0.1, -0.05) is 29.8 Å². The molecule has 0 fully saturated rings. The minimum atomic E-state index is -0.0959. The van der Waals surface area contributed by atoms with E-state index >= 15 is 0 Å². The number of rotatable bonds is 6. The molecule has 0 radical (unpaired) electrons. The first-order valence-corrected chi connectivity index (χ1v) is 8.39. The lowest BCUT2D eigenvalue weighted by Crippen LogP contribution is -2.13. The van der Waals surface area contributed by atoms with Crippen molar-refractivity contribution < 1.29 is 4.74 Å². The fraction of sp³-hybridized carbons (Fsp3) is 0.211. The zero-order valence-electron chi connectivity index (χ0n) is 13.5. The number of hydrogen-bond acceptors (Lipinski definition) is 2. The highest BCUT2D eigenvalue weighted by Gasteiger charge is 2.07. The smallest absolute Gasteiger partial charge is 0.271 e. The summed E-state index contributed by atoms with van der Waals surface area (Å²) in [5.41, 5.74) is 3.63. The van der Waals surface area contributed by atoms with Gasteiger partial charge in [-0.25, -0.2) is 4.68 Å². The Morgan fingerprint density at radius 1 is 1.08 bits per heavy atom. The monoisotopic (exact) mass is 342 g/mol. The van der Waals surface area contributed by atoms with E-state index in [4.69, 9.17) is 16.3 Å². The van der Waals surface area contributed by atoms with E-state index in [2.05, 4.69) is 5.10 Å². The van der Waals surface area contributed by atoms with E-state index in [-0.39, 0.29) is 5.56 Å². The van der Waals surface area contributed by atoms with Crippen LogP contribution in [0.4, 0.5) is 0 Å². The maximum atomic E-state index is 12.3. The molecule has 124 valence electrons. The second-order valence-corrected chi connectivity index (χ2v) is 5.97. The number of nitrogens with zero attached hydrogens (tertiary/aromatic N) is 1. The predicted molar refractivity (Wildman–Crippen MR) is 97.4 cm³/mol. The van der Waals surface area contributed by atoms with Crippen molar-refractivity contribution in [3.8, 4) is 22.7 Å². The van der Waals surface area contributed by atoms with E-state index < -0.39 is 0 Å². The van der Waals surface area contributed by atoms with Gasteiger partial charge in [-0.15, -0.1) is 11.6 Å². The van der Waals surface area contributed by atoms with Crippen LogP contribution < -0.4 is 10.3 Å². The summed E-state index contributed by atoms with van der Waals surface area (Å²) in [5.74, 6) is 1.35. The molecule has 0 aliphatic heterocycles. The normalized spacial score (nSPS) is 10.8. The highest BCUT2D eigenvalue weighted by molar-refractivity contribution is 6.17. The Kier molecular flexibility index (Phi) is 5.06. The van der Waals surface area contributed by atoms with E-state index in [1.54, 1.807) is 6.07 Å². The lowest BCUT2D eigenvalue weighted by molar-refractivity contribution is 0.318. The zero-order chi connectivity index (χ0) is 16.9. The van der Waals surface area contributed by atoms with E-state index in [9.17, 15) is 4.79 Å².